The molecule has 4 heterocycles. The minimum atomic E-state index is -0.436. The van der Waals surface area contributed by atoms with Gasteiger partial charge in [0.25, 0.3) is 0 Å². The van der Waals surface area contributed by atoms with Crippen LogP contribution in [0.25, 0.3) is 10.9 Å². The van der Waals surface area contributed by atoms with Crippen LogP contribution in [0.2, 0.25) is 0 Å². The molecule has 114 valence electrons. The van der Waals surface area contributed by atoms with Gasteiger partial charge < -0.3 is 5.11 Å². The molecule has 0 aliphatic carbocycles. The van der Waals surface area contributed by atoms with Gasteiger partial charge in [0.2, 0.25) is 0 Å². The molecule has 5 rings (SSSR count). The second-order valence-corrected chi connectivity index (χ2v) is 6.48. The summed E-state index contributed by atoms with van der Waals surface area (Å²) in [7, 11) is 0. The number of aliphatic hydroxyl groups excluding tert-OH is 1. The maximum atomic E-state index is 11.0. The number of allylic oxidation sites excluding steroid dienone is 1. The SMILES string of the molecule is C/C=C1/CN2CC[C@H]1C[C@H]2[C@H](O)c1ccnc2ccccc12. The predicted octanol–water partition coefficient (Wildman–Crippen LogP) is 3.31. The first-order chi connectivity index (χ1) is 10.8. The van der Waals surface area contributed by atoms with Crippen molar-refractivity contribution in [3.05, 3.63) is 53.7 Å². The van der Waals surface area contributed by atoms with Gasteiger partial charge >= 0.3 is 0 Å². The maximum Gasteiger partial charge on any atom is 0.0952 e. The Kier molecular flexibility index (Phi) is 3.47. The van der Waals surface area contributed by atoms with Crippen molar-refractivity contribution in [2.75, 3.05) is 13.1 Å². The van der Waals surface area contributed by atoms with Crippen molar-refractivity contribution in [2.24, 2.45) is 5.92 Å². The third-order valence-corrected chi connectivity index (χ3v) is 5.41. The number of hydrogen-bond donors (Lipinski definition) is 1. The summed E-state index contributed by atoms with van der Waals surface area (Å²) >= 11 is 0. The number of pyridine rings is 1. The Morgan fingerprint density at radius 3 is 2.95 bits per heavy atom. The van der Waals surface area contributed by atoms with Gasteiger partial charge in [0.15, 0.2) is 0 Å². The van der Waals surface area contributed by atoms with Crippen molar-refractivity contribution in [3.8, 4) is 0 Å². The molecular formula is C19H22N2O. The molecule has 1 aromatic heterocycles. The summed E-state index contributed by atoms with van der Waals surface area (Å²) in [5.41, 5.74) is 3.53. The number of aliphatic hydroxyl groups is 1. The molecule has 4 atom stereocenters. The van der Waals surface area contributed by atoms with E-state index >= 15 is 0 Å². The molecule has 2 bridgehead atoms. The summed E-state index contributed by atoms with van der Waals surface area (Å²) in [6.07, 6.45) is 5.95. The largest absolute Gasteiger partial charge is 0.387 e. The average Bonchev–Trinajstić information content (AvgIpc) is 2.60. The zero-order valence-electron chi connectivity index (χ0n) is 12.9. The lowest BCUT2D eigenvalue weighted by molar-refractivity contribution is -0.00340. The van der Waals surface area contributed by atoms with Crippen LogP contribution in [0.1, 0.15) is 31.4 Å². The van der Waals surface area contributed by atoms with E-state index < -0.39 is 6.10 Å². The van der Waals surface area contributed by atoms with E-state index in [1.165, 1.54) is 6.42 Å². The van der Waals surface area contributed by atoms with Gasteiger partial charge in [-0.15, -0.1) is 0 Å². The molecule has 3 saturated heterocycles. The highest BCUT2D eigenvalue weighted by atomic mass is 16.3. The number of nitrogens with zero attached hydrogens (tertiary/aromatic N) is 2. The fourth-order valence-electron chi connectivity index (χ4n) is 4.18. The molecule has 2 aromatic rings. The number of fused-ring (bicyclic) bond motifs is 4. The summed E-state index contributed by atoms with van der Waals surface area (Å²) in [5, 5.41) is 12.1. The van der Waals surface area contributed by atoms with Crippen molar-refractivity contribution >= 4 is 10.9 Å². The summed E-state index contributed by atoms with van der Waals surface area (Å²) in [4.78, 5) is 6.86. The molecule has 3 heteroatoms. The number of benzene rings is 1. The van der Waals surface area contributed by atoms with Crippen LogP contribution in [-0.2, 0) is 0 Å². The van der Waals surface area contributed by atoms with Crippen LogP contribution in [0, 0.1) is 5.92 Å². The second-order valence-electron chi connectivity index (χ2n) is 6.48. The van der Waals surface area contributed by atoms with Crippen molar-refractivity contribution in [3.63, 3.8) is 0 Å². The molecule has 3 aliphatic rings. The molecular weight excluding hydrogens is 272 g/mol. The lowest BCUT2D eigenvalue weighted by atomic mass is 9.76. The highest BCUT2D eigenvalue weighted by Crippen LogP contribution is 2.41. The molecule has 1 N–H and O–H groups in total. The molecule has 0 spiro atoms. The molecule has 3 fully saturated rings. The zero-order chi connectivity index (χ0) is 15.1. The first-order valence-corrected chi connectivity index (χ1v) is 8.19. The zero-order valence-corrected chi connectivity index (χ0v) is 12.9. The third-order valence-electron chi connectivity index (χ3n) is 5.41. The van der Waals surface area contributed by atoms with Gasteiger partial charge in [0.05, 0.1) is 11.6 Å². The van der Waals surface area contributed by atoms with Gasteiger partial charge in [0.1, 0.15) is 0 Å². The lowest BCUT2D eigenvalue weighted by Crippen LogP contribution is -2.52. The van der Waals surface area contributed by atoms with Crippen molar-refractivity contribution in [1.82, 2.24) is 9.88 Å². The van der Waals surface area contributed by atoms with Crippen molar-refractivity contribution in [1.29, 1.82) is 0 Å². The predicted molar refractivity (Wildman–Crippen MR) is 88.5 cm³/mol. The number of rotatable bonds is 2. The van der Waals surface area contributed by atoms with Crippen LogP contribution in [0.5, 0.6) is 0 Å². The summed E-state index contributed by atoms with van der Waals surface area (Å²) in [5.74, 6) is 0.655. The molecule has 3 aliphatic heterocycles. The van der Waals surface area contributed by atoms with Crippen molar-refractivity contribution < 1.29 is 5.11 Å². The van der Waals surface area contributed by atoms with Crippen LogP contribution in [-0.4, -0.2) is 34.1 Å². The number of piperidine rings is 3. The molecule has 0 radical (unpaired) electrons. The smallest absolute Gasteiger partial charge is 0.0952 e. The van der Waals surface area contributed by atoms with E-state index in [1.807, 2.05) is 30.5 Å². The van der Waals surface area contributed by atoms with Crippen LogP contribution < -0.4 is 0 Å². The van der Waals surface area contributed by atoms with E-state index in [0.717, 1.165) is 36.0 Å². The number of para-hydroxylation sites is 1. The highest BCUT2D eigenvalue weighted by Gasteiger charge is 2.40. The molecule has 22 heavy (non-hydrogen) atoms. The Balaban J connectivity index is 1.68. The molecule has 0 saturated carbocycles. The van der Waals surface area contributed by atoms with Gasteiger partial charge in [0, 0.05) is 24.2 Å². The fraction of sp³-hybridized carbons (Fsp3) is 0.421. The van der Waals surface area contributed by atoms with Gasteiger partial charge in [-0.1, -0.05) is 29.8 Å². The minimum absolute atomic E-state index is 0.230. The Morgan fingerprint density at radius 1 is 1.32 bits per heavy atom. The molecule has 3 nitrogen and oxygen atoms in total. The van der Waals surface area contributed by atoms with Crippen LogP contribution in [0.4, 0.5) is 0 Å². The summed E-state index contributed by atoms with van der Waals surface area (Å²) < 4.78 is 0. The second kappa shape index (κ2) is 5.49. The topological polar surface area (TPSA) is 36.4 Å². The normalized spacial score (nSPS) is 30.8. The van der Waals surface area contributed by atoms with E-state index in [1.54, 1.807) is 5.57 Å². The van der Waals surface area contributed by atoms with Crippen molar-refractivity contribution in [2.45, 2.75) is 31.9 Å². The van der Waals surface area contributed by atoms with E-state index in [2.05, 4.69) is 29.0 Å². The quantitative estimate of drug-likeness (QED) is 0.863. The van der Waals surface area contributed by atoms with Gasteiger partial charge in [-0.3, -0.25) is 9.88 Å². The highest BCUT2D eigenvalue weighted by molar-refractivity contribution is 5.82. The number of aromatic nitrogens is 1. The van der Waals surface area contributed by atoms with Gasteiger partial charge in [-0.2, -0.15) is 0 Å². The maximum absolute atomic E-state index is 11.0. The Labute approximate surface area is 131 Å². The monoisotopic (exact) mass is 294 g/mol. The Morgan fingerprint density at radius 2 is 2.18 bits per heavy atom. The minimum Gasteiger partial charge on any atom is -0.387 e. The van der Waals surface area contributed by atoms with Gasteiger partial charge in [-0.25, -0.2) is 0 Å². The standard InChI is InChI=1S/C19H22N2O/c1-2-13-12-21-10-8-14(13)11-18(21)19(22)16-7-9-20-17-6-4-3-5-15(16)17/h2-7,9,14,18-19,22H,8,10-12H2,1H3/b13-2-/t14-,18-,19+/m0/s1. The Hall–Kier alpha value is -1.71. The average molecular weight is 294 g/mol. The molecule has 0 amide bonds. The number of hydrogen-bond acceptors (Lipinski definition) is 3. The fourth-order valence-corrected chi connectivity index (χ4v) is 4.18. The lowest BCUT2D eigenvalue weighted by Gasteiger charge is -2.48. The van der Waals surface area contributed by atoms with Crippen LogP contribution >= 0.6 is 0 Å². The summed E-state index contributed by atoms with van der Waals surface area (Å²) in [6, 6.07) is 10.3. The van der Waals surface area contributed by atoms with E-state index in [0.29, 0.717) is 5.92 Å². The van der Waals surface area contributed by atoms with Crippen LogP contribution in [0.15, 0.2) is 48.2 Å². The summed E-state index contributed by atoms with van der Waals surface area (Å²) in [6.45, 7) is 4.26. The van der Waals surface area contributed by atoms with Gasteiger partial charge in [-0.05, 0) is 49.9 Å². The van der Waals surface area contributed by atoms with Crippen LogP contribution in [0.3, 0.4) is 0 Å². The molecule has 1 aromatic carbocycles. The molecule has 1 unspecified atom stereocenters. The first-order valence-electron chi connectivity index (χ1n) is 8.19. The first kappa shape index (κ1) is 13.9. The van der Waals surface area contributed by atoms with E-state index in [4.69, 9.17) is 0 Å². The third kappa shape index (κ3) is 2.16. The van der Waals surface area contributed by atoms with E-state index in [9.17, 15) is 5.11 Å². The van der Waals surface area contributed by atoms with E-state index in [-0.39, 0.29) is 6.04 Å². The Bertz CT molecular complexity index is 719.